The molecule has 11 heteroatoms. The number of hydrogen-bond acceptors (Lipinski definition) is 4. The molecule has 1 heterocycles. The van der Waals surface area contributed by atoms with Gasteiger partial charge in [0.25, 0.3) is 15.9 Å². The molecule has 3 aromatic carbocycles. The number of carbonyl (C=O) groups is 1. The first kappa shape index (κ1) is 24.9. The summed E-state index contributed by atoms with van der Waals surface area (Å²) in [4.78, 5) is 12.3. The van der Waals surface area contributed by atoms with Gasteiger partial charge in [-0.25, -0.2) is 8.42 Å². The molecule has 0 saturated heterocycles. The number of aryl methyl sites for hydroxylation is 1. The van der Waals surface area contributed by atoms with Gasteiger partial charge in [-0.2, -0.15) is 0 Å². The predicted molar refractivity (Wildman–Crippen MR) is 136 cm³/mol. The van der Waals surface area contributed by atoms with Gasteiger partial charge in [0.1, 0.15) is 5.75 Å². The molecular weight excluding hydrogens is 542 g/mol. The monoisotopic (exact) mass is 558 g/mol. The lowest BCUT2D eigenvalue weighted by Crippen LogP contribution is -2.35. The topological polar surface area (TPSA) is 75.7 Å². The van der Waals surface area contributed by atoms with Crippen LogP contribution in [0.3, 0.4) is 0 Å². The number of amides is 1. The lowest BCUT2D eigenvalue weighted by Gasteiger charge is -2.30. The lowest BCUT2D eigenvalue weighted by molar-refractivity contribution is -0.118. The Hall–Kier alpha value is -2.16. The third kappa shape index (κ3) is 5.24. The molecule has 0 spiro atoms. The molecule has 1 N–H and O–H groups in total. The van der Waals surface area contributed by atoms with Gasteiger partial charge in [0, 0.05) is 6.54 Å². The molecule has 0 atom stereocenters. The Morgan fingerprint density at radius 2 is 1.68 bits per heavy atom. The van der Waals surface area contributed by atoms with E-state index in [1.54, 1.807) is 6.07 Å². The number of para-hydroxylation sites is 1. The van der Waals surface area contributed by atoms with E-state index in [0.717, 1.165) is 18.4 Å². The van der Waals surface area contributed by atoms with Gasteiger partial charge in [0.2, 0.25) is 0 Å². The lowest BCUT2D eigenvalue weighted by atomic mass is 10.0. The van der Waals surface area contributed by atoms with Crippen LogP contribution in [-0.4, -0.2) is 27.5 Å². The summed E-state index contributed by atoms with van der Waals surface area (Å²) in [6.07, 6.45) is 1.55. The number of carbonyl (C=O) groups excluding carboxylic acids is 1. The van der Waals surface area contributed by atoms with Crippen molar-refractivity contribution in [3.8, 4) is 5.75 Å². The highest BCUT2D eigenvalue weighted by Crippen LogP contribution is 2.35. The van der Waals surface area contributed by atoms with Gasteiger partial charge in [-0.15, -0.1) is 0 Å². The minimum atomic E-state index is -3.82. The first-order valence-electron chi connectivity index (χ1n) is 10.1. The number of sulfonamides is 1. The van der Waals surface area contributed by atoms with Gasteiger partial charge >= 0.3 is 0 Å². The molecule has 0 saturated carbocycles. The number of fused-ring (bicyclic) bond motifs is 1. The third-order valence-corrected chi connectivity index (χ3v) is 8.34. The van der Waals surface area contributed by atoms with Crippen molar-refractivity contribution < 1.29 is 17.9 Å². The molecule has 1 amide bonds. The van der Waals surface area contributed by atoms with Crippen LogP contribution in [0.4, 0.5) is 11.4 Å². The summed E-state index contributed by atoms with van der Waals surface area (Å²) in [5, 5.41) is 3.35. The van der Waals surface area contributed by atoms with Crippen LogP contribution < -0.4 is 14.4 Å². The van der Waals surface area contributed by atoms with E-state index in [1.165, 1.54) is 34.6 Å². The fourth-order valence-electron chi connectivity index (χ4n) is 3.58. The van der Waals surface area contributed by atoms with Gasteiger partial charge in [-0.3, -0.25) is 9.10 Å². The Morgan fingerprint density at radius 3 is 2.44 bits per heavy atom. The van der Waals surface area contributed by atoms with Crippen molar-refractivity contribution in [3.05, 3.63) is 80.3 Å². The highest BCUT2D eigenvalue weighted by atomic mass is 35.5. The van der Waals surface area contributed by atoms with Crippen molar-refractivity contribution in [2.24, 2.45) is 0 Å². The summed E-state index contributed by atoms with van der Waals surface area (Å²) in [7, 11) is -3.82. The van der Waals surface area contributed by atoms with Gasteiger partial charge in [-0.1, -0.05) is 64.6 Å². The SMILES string of the molecule is O=C(COc1ccc(S(=O)(=O)N2CCCc3ccccc32)cc1Cl)Nc1cc(Cl)c(Cl)cc1Cl. The zero-order chi connectivity index (χ0) is 24.5. The summed E-state index contributed by atoms with van der Waals surface area (Å²) in [6, 6.07) is 14.4. The fourth-order valence-corrected chi connectivity index (χ4v) is 6.04. The van der Waals surface area contributed by atoms with E-state index in [2.05, 4.69) is 5.32 Å². The Kier molecular flexibility index (Phi) is 7.50. The van der Waals surface area contributed by atoms with Gasteiger partial charge < -0.3 is 10.1 Å². The normalized spacial score (nSPS) is 13.4. The van der Waals surface area contributed by atoms with E-state index in [0.29, 0.717) is 12.2 Å². The maximum Gasteiger partial charge on any atom is 0.264 e. The molecule has 6 nitrogen and oxygen atoms in total. The van der Waals surface area contributed by atoms with E-state index in [4.69, 9.17) is 51.1 Å². The zero-order valence-electron chi connectivity index (χ0n) is 17.5. The standard InChI is InChI=1S/C23H18Cl4N2O4S/c24-16-11-18(26)20(12-17(16)25)28-23(30)13-33-22-8-7-15(10-19(22)27)34(31,32)29-9-3-5-14-4-1-2-6-21(14)29/h1-2,4,6-8,10-12H,3,5,9,13H2,(H,28,30). The largest absolute Gasteiger partial charge is 0.482 e. The molecule has 1 aliphatic heterocycles. The molecule has 0 radical (unpaired) electrons. The van der Waals surface area contributed by atoms with Crippen LogP contribution in [0.5, 0.6) is 5.75 Å². The van der Waals surface area contributed by atoms with E-state index in [-0.39, 0.29) is 43.0 Å². The Balaban J connectivity index is 1.47. The van der Waals surface area contributed by atoms with Crippen molar-refractivity contribution in [1.29, 1.82) is 0 Å². The quantitative estimate of drug-likeness (QED) is 0.352. The highest BCUT2D eigenvalue weighted by Gasteiger charge is 2.29. The molecular formula is C23H18Cl4N2O4S. The van der Waals surface area contributed by atoms with E-state index in [9.17, 15) is 13.2 Å². The summed E-state index contributed by atoms with van der Waals surface area (Å²) < 4.78 is 33.5. The van der Waals surface area contributed by atoms with E-state index in [1.807, 2.05) is 18.2 Å². The highest BCUT2D eigenvalue weighted by molar-refractivity contribution is 7.92. The van der Waals surface area contributed by atoms with Crippen molar-refractivity contribution in [3.63, 3.8) is 0 Å². The van der Waals surface area contributed by atoms with Gasteiger partial charge in [0.05, 0.1) is 36.4 Å². The summed E-state index contributed by atoms with van der Waals surface area (Å²) >= 11 is 24.2. The van der Waals surface area contributed by atoms with E-state index < -0.39 is 15.9 Å². The number of benzene rings is 3. The maximum absolute atomic E-state index is 13.3. The molecule has 1 aliphatic rings. The minimum absolute atomic E-state index is 0.0357. The second-order valence-electron chi connectivity index (χ2n) is 7.48. The first-order chi connectivity index (χ1) is 16.2. The average Bonchev–Trinajstić information content (AvgIpc) is 2.81. The van der Waals surface area contributed by atoms with Crippen LogP contribution in [0.2, 0.25) is 20.1 Å². The Bertz CT molecular complexity index is 1370. The third-order valence-electron chi connectivity index (χ3n) is 5.20. The molecule has 4 rings (SSSR count). The number of hydrogen-bond donors (Lipinski definition) is 1. The maximum atomic E-state index is 13.3. The zero-order valence-corrected chi connectivity index (χ0v) is 21.4. The molecule has 0 bridgehead atoms. The average molecular weight is 560 g/mol. The van der Waals surface area contributed by atoms with Crippen LogP contribution in [0, 0.1) is 0 Å². The number of halogens is 4. The van der Waals surface area contributed by atoms with Crippen LogP contribution in [0.25, 0.3) is 0 Å². The second-order valence-corrected chi connectivity index (χ2v) is 11.0. The minimum Gasteiger partial charge on any atom is -0.482 e. The van der Waals surface area contributed by atoms with Crippen molar-refractivity contribution in [2.45, 2.75) is 17.7 Å². The van der Waals surface area contributed by atoms with Crippen LogP contribution in [0.1, 0.15) is 12.0 Å². The molecule has 0 aromatic heterocycles. The molecule has 0 aliphatic carbocycles. The number of rotatable bonds is 6. The van der Waals surface area contributed by atoms with Crippen LogP contribution in [-0.2, 0) is 21.2 Å². The van der Waals surface area contributed by atoms with Crippen LogP contribution in [0.15, 0.2) is 59.5 Å². The smallest absolute Gasteiger partial charge is 0.264 e. The Morgan fingerprint density at radius 1 is 0.941 bits per heavy atom. The molecule has 3 aromatic rings. The second kappa shape index (κ2) is 10.2. The van der Waals surface area contributed by atoms with Gasteiger partial charge in [0.15, 0.2) is 6.61 Å². The molecule has 0 fully saturated rings. The Labute approximate surface area is 217 Å². The summed E-state index contributed by atoms with van der Waals surface area (Å²) in [5.74, 6) is -0.354. The van der Waals surface area contributed by atoms with Crippen molar-refractivity contribution >= 4 is 73.7 Å². The van der Waals surface area contributed by atoms with Crippen molar-refractivity contribution in [1.82, 2.24) is 0 Å². The number of ether oxygens (including phenoxy) is 1. The fraction of sp³-hybridized carbons (Fsp3) is 0.174. The molecule has 34 heavy (non-hydrogen) atoms. The predicted octanol–water partition coefficient (Wildman–Crippen LogP) is 6.46. The number of anilines is 2. The molecule has 0 unspecified atom stereocenters. The number of nitrogens with zero attached hydrogens (tertiary/aromatic N) is 1. The summed E-state index contributed by atoms with van der Waals surface area (Å²) in [5.41, 5.74) is 1.93. The summed E-state index contributed by atoms with van der Waals surface area (Å²) in [6.45, 7) is -0.00540. The van der Waals surface area contributed by atoms with Crippen molar-refractivity contribution in [2.75, 3.05) is 22.8 Å². The molecule has 178 valence electrons. The van der Waals surface area contributed by atoms with Crippen LogP contribution >= 0.6 is 46.4 Å². The van der Waals surface area contributed by atoms with E-state index >= 15 is 0 Å². The number of nitrogens with one attached hydrogen (secondary N) is 1. The van der Waals surface area contributed by atoms with Gasteiger partial charge in [-0.05, 0) is 54.8 Å². The first-order valence-corrected chi connectivity index (χ1v) is 13.1.